The van der Waals surface area contributed by atoms with E-state index in [0.29, 0.717) is 5.57 Å². The van der Waals surface area contributed by atoms with Crippen LogP contribution in [0.3, 0.4) is 0 Å². The molecule has 0 amide bonds. The van der Waals surface area contributed by atoms with Crippen LogP contribution in [0.5, 0.6) is 0 Å². The molecule has 0 fully saturated rings. The van der Waals surface area contributed by atoms with Crippen molar-refractivity contribution in [2.75, 3.05) is 0 Å². The SMILES string of the molecule is CC.CCCCCCCc1ccc(CCC2=CCCC(Cl)=C2C=O)cc1. The van der Waals surface area contributed by atoms with Gasteiger partial charge in [0.25, 0.3) is 0 Å². The number of aryl methyl sites for hydroxylation is 2. The lowest BCUT2D eigenvalue weighted by molar-refractivity contribution is -0.104. The molecule has 0 aliphatic heterocycles. The maximum absolute atomic E-state index is 11.2. The first-order valence-corrected chi connectivity index (χ1v) is 10.7. The highest BCUT2D eigenvalue weighted by Crippen LogP contribution is 2.29. The van der Waals surface area contributed by atoms with Gasteiger partial charge < -0.3 is 0 Å². The Balaban J connectivity index is 0.00000163. The number of aldehydes is 1. The molecule has 0 aromatic heterocycles. The van der Waals surface area contributed by atoms with E-state index in [2.05, 4.69) is 37.3 Å². The minimum absolute atomic E-state index is 0.714. The van der Waals surface area contributed by atoms with Crippen LogP contribution in [-0.2, 0) is 17.6 Å². The molecule has 1 aromatic rings. The summed E-state index contributed by atoms with van der Waals surface area (Å²) < 4.78 is 0. The Labute approximate surface area is 165 Å². The molecule has 144 valence electrons. The maximum Gasteiger partial charge on any atom is 0.151 e. The third kappa shape index (κ3) is 7.91. The van der Waals surface area contributed by atoms with Gasteiger partial charge in [-0.1, -0.05) is 88.4 Å². The number of rotatable bonds is 10. The Morgan fingerprint density at radius 1 is 0.923 bits per heavy atom. The van der Waals surface area contributed by atoms with Crippen molar-refractivity contribution in [2.45, 2.75) is 85.0 Å². The van der Waals surface area contributed by atoms with Gasteiger partial charge in [0.15, 0.2) is 6.29 Å². The molecule has 26 heavy (non-hydrogen) atoms. The number of benzene rings is 1. The molecule has 0 spiro atoms. The fourth-order valence-electron chi connectivity index (χ4n) is 3.25. The largest absolute Gasteiger partial charge is 0.298 e. The Bertz CT molecular complexity index is 581. The molecule has 1 aliphatic rings. The smallest absolute Gasteiger partial charge is 0.151 e. The number of halogens is 1. The van der Waals surface area contributed by atoms with Gasteiger partial charge in [-0.3, -0.25) is 4.79 Å². The molecule has 0 bridgehead atoms. The molecule has 0 atom stereocenters. The van der Waals surface area contributed by atoms with Gasteiger partial charge >= 0.3 is 0 Å². The van der Waals surface area contributed by atoms with E-state index in [1.807, 2.05) is 13.8 Å². The van der Waals surface area contributed by atoms with Crippen molar-refractivity contribution >= 4 is 17.9 Å². The summed E-state index contributed by atoms with van der Waals surface area (Å²) in [5.41, 5.74) is 4.59. The summed E-state index contributed by atoms with van der Waals surface area (Å²) in [5.74, 6) is 0. The lowest BCUT2D eigenvalue weighted by Crippen LogP contribution is -2.01. The van der Waals surface area contributed by atoms with E-state index in [4.69, 9.17) is 11.6 Å². The second-order valence-corrected chi connectivity index (χ2v) is 7.14. The van der Waals surface area contributed by atoms with Crippen molar-refractivity contribution in [3.05, 3.63) is 57.6 Å². The average Bonchev–Trinajstić information content (AvgIpc) is 2.69. The van der Waals surface area contributed by atoms with E-state index in [0.717, 1.165) is 42.6 Å². The number of hydrogen-bond acceptors (Lipinski definition) is 1. The summed E-state index contributed by atoms with van der Waals surface area (Å²) in [5, 5.41) is 0.723. The van der Waals surface area contributed by atoms with Gasteiger partial charge in [-0.05, 0) is 55.2 Å². The van der Waals surface area contributed by atoms with Crippen LogP contribution in [0.25, 0.3) is 0 Å². The monoisotopic (exact) mass is 374 g/mol. The molecule has 1 aliphatic carbocycles. The van der Waals surface area contributed by atoms with Crippen molar-refractivity contribution in [1.82, 2.24) is 0 Å². The Morgan fingerprint density at radius 2 is 1.54 bits per heavy atom. The van der Waals surface area contributed by atoms with Crippen molar-refractivity contribution in [2.24, 2.45) is 0 Å². The first kappa shape index (κ1) is 22.7. The van der Waals surface area contributed by atoms with E-state index in [9.17, 15) is 4.79 Å². The highest BCUT2D eigenvalue weighted by Gasteiger charge is 2.14. The summed E-state index contributed by atoms with van der Waals surface area (Å²) in [7, 11) is 0. The van der Waals surface area contributed by atoms with E-state index in [1.54, 1.807) is 0 Å². The van der Waals surface area contributed by atoms with Crippen LogP contribution < -0.4 is 0 Å². The second kappa shape index (κ2) is 13.8. The van der Waals surface area contributed by atoms with Gasteiger partial charge in [-0.2, -0.15) is 0 Å². The first-order chi connectivity index (χ1) is 12.7. The zero-order valence-electron chi connectivity index (χ0n) is 16.8. The predicted octanol–water partition coefficient (Wildman–Crippen LogP) is 7.57. The standard InChI is InChI=1S/C22H29ClO.C2H6/c1-2-3-4-5-6-8-18-11-13-19(14-12-18)15-16-20-9-7-10-22(23)21(20)17-24;1-2/h9,11-14,17H,2-8,10,15-16H2,1H3;1-2H3. The highest BCUT2D eigenvalue weighted by molar-refractivity contribution is 6.31. The summed E-state index contributed by atoms with van der Waals surface area (Å²) in [4.78, 5) is 11.2. The summed E-state index contributed by atoms with van der Waals surface area (Å²) in [6.45, 7) is 6.25. The molecular formula is C24H35ClO. The van der Waals surface area contributed by atoms with Crippen LogP contribution in [0, 0.1) is 0 Å². The Hall–Kier alpha value is -1.34. The third-order valence-electron chi connectivity index (χ3n) is 4.79. The zero-order valence-corrected chi connectivity index (χ0v) is 17.6. The lowest BCUT2D eigenvalue weighted by Gasteiger charge is -2.14. The van der Waals surface area contributed by atoms with Crippen molar-refractivity contribution < 1.29 is 4.79 Å². The van der Waals surface area contributed by atoms with E-state index >= 15 is 0 Å². The van der Waals surface area contributed by atoms with Gasteiger partial charge in [0.05, 0.1) is 0 Å². The summed E-state index contributed by atoms with van der Waals surface area (Å²) in [6.07, 6.45) is 14.5. The third-order valence-corrected chi connectivity index (χ3v) is 5.18. The lowest BCUT2D eigenvalue weighted by atomic mass is 9.93. The number of unbranched alkanes of at least 4 members (excludes halogenated alkanes) is 4. The highest BCUT2D eigenvalue weighted by atomic mass is 35.5. The van der Waals surface area contributed by atoms with Gasteiger partial charge in [0.1, 0.15) is 0 Å². The molecule has 0 unspecified atom stereocenters. The Morgan fingerprint density at radius 3 is 2.15 bits per heavy atom. The molecule has 0 heterocycles. The summed E-state index contributed by atoms with van der Waals surface area (Å²) in [6, 6.07) is 8.98. The minimum atomic E-state index is 0.714. The van der Waals surface area contributed by atoms with Crippen molar-refractivity contribution in [1.29, 1.82) is 0 Å². The second-order valence-electron chi connectivity index (χ2n) is 6.69. The first-order valence-electron chi connectivity index (χ1n) is 10.4. The topological polar surface area (TPSA) is 17.1 Å². The molecule has 0 N–H and O–H groups in total. The normalized spacial score (nSPS) is 13.8. The Kier molecular flexibility index (Phi) is 12.1. The fraction of sp³-hybridized carbons (Fsp3) is 0.542. The minimum Gasteiger partial charge on any atom is -0.298 e. The van der Waals surface area contributed by atoms with Crippen LogP contribution in [-0.4, -0.2) is 6.29 Å². The quantitative estimate of drug-likeness (QED) is 0.305. The molecule has 2 heteroatoms. The molecule has 0 saturated heterocycles. The van der Waals surface area contributed by atoms with Crippen LogP contribution in [0.1, 0.15) is 83.3 Å². The van der Waals surface area contributed by atoms with Crippen LogP contribution in [0.2, 0.25) is 0 Å². The molecular weight excluding hydrogens is 340 g/mol. The van der Waals surface area contributed by atoms with Crippen LogP contribution in [0.15, 0.2) is 46.5 Å². The van der Waals surface area contributed by atoms with Crippen molar-refractivity contribution in [3.8, 4) is 0 Å². The van der Waals surface area contributed by atoms with Crippen LogP contribution in [0.4, 0.5) is 0 Å². The number of allylic oxidation sites excluding steroid dienone is 4. The number of carbonyl (C=O) groups excluding carboxylic acids is 1. The van der Waals surface area contributed by atoms with E-state index < -0.39 is 0 Å². The number of carbonyl (C=O) groups is 1. The van der Waals surface area contributed by atoms with E-state index in [-0.39, 0.29) is 0 Å². The van der Waals surface area contributed by atoms with Crippen molar-refractivity contribution in [3.63, 3.8) is 0 Å². The molecule has 2 rings (SSSR count). The molecule has 0 radical (unpaired) electrons. The summed E-state index contributed by atoms with van der Waals surface area (Å²) >= 11 is 6.17. The van der Waals surface area contributed by atoms with E-state index in [1.165, 1.54) is 49.7 Å². The van der Waals surface area contributed by atoms with Gasteiger partial charge in [0, 0.05) is 10.6 Å². The number of hydrogen-bond donors (Lipinski definition) is 0. The van der Waals surface area contributed by atoms with Crippen LogP contribution >= 0.6 is 11.6 Å². The van der Waals surface area contributed by atoms with Gasteiger partial charge in [-0.15, -0.1) is 0 Å². The molecule has 1 aromatic carbocycles. The van der Waals surface area contributed by atoms with Gasteiger partial charge in [0.2, 0.25) is 0 Å². The average molecular weight is 375 g/mol. The molecule has 1 nitrogen and oxygen atoms in total. The fourth-order valence-corrected chi connectivity index (χ4v) is 3.53. The molecule has 0 saturated carbocycles. The maximum atomic E-state index is 11.2. The predicted molar refractivity (Wildman–Crippen MR) is 115 cm³/mol. The van der Waals surface area contributed by atoms with Gasteiger partial charge in [-0.25, -0.2) is 0 Å². The zero-order chi connectivity index (χ0) is 19.2.